The summed E-state index contributed by atoms with van der Waals surface area (Å²) in [6.07, 6.45) is 12.0. The molecule has 3 heteroatoms. The topological polar surface area (TPSA) is 37.3 Å². The van der Waals surface area contributed by atoms with Gasteiger partial charge in [0.1, 0.15) is 0 Å². The van der Waals surface area contributed by atoms with E-state index < -0.39 is 5.97 Å². The Morgan fingerprint density at radius 1 is 0.938 bits per heavy atom. The van der Waals surface area contributed by atoms with Crippen LogP contribution in [0, 0.1) is 0 Å². The summed E-state index contributed by atoms with van der Waals surface area (Å²) in [5, 5.41) is 8.44. The molecular formula is C13H26O2S. The van der Waals surface area contributed by atoms with E-state index in [1.807, 2.05) is 0 Å². The number of hydrogen-bond acceptors (Lipinski definition) is 2. The normalized spacial score (nSPS) is 10.6. The maximum absolute atomic E-state index is 10.2. The second-order valence-corrected chi connectivity index (χ2v) is 5.38. The standard InChI is InChI=1S/C13H26O2S/c1-2-3-4-5-6-7-8-9-10-11-16-12-13(14)15/h2-12H2,1H3,(H,14,15). The predicted molar refractivity (Wildman–Crippen MR) is 72.2 cm³/mol. The highest BCUT2D eigenvalue weighted by atomic mass is 32.2. The molecule has 0 aliphatic carbocycles. The van der Waals surface area contributed by atoms with E-state index in [1.54, 1.807) is 0 Å². The largest absolute Gasteiger partial charge is 0.481 e. The van der Waals surface area contributed by atoms with Crippen molar-refractivity contribution >= 4 is 17.7 Å². The number of rotatable bonds is 12. The number of thioether (sulfide) groups is 1. The zero-order valence-corrected chi connectivity index (χ0v) is 11.4. The Bertz CT molecular complexity index is 160. The van der Waals surface area contributed by atoms with Gasteiger partial charge in [-0.15, -0.1) is 0 Å². The zero-order valence-electron chi connectivity index (χ0n) is 10.5. The first-order valence-corrected chi connectivity index (χ1v) is 7.72. The van der Waals surface area contributed by atoms with Gasteiger partial charge in [0.15, 0.2) is 0 Å². The average molecular weight is 246 g/mol. The molecule has 0 unspecified atom stereocenters. The van der Waals surface area contributed by atoms with E-state index in [0.717, 1.165) is 5.75 Å². The monoisotopic (exact) mass is 246 g/mol. The number of carboxylic acid groups (broad SMARTS) is 1. The molecule has 0 heterocycles. The summed E-state index contributed by atoms with van der Waals surface area (Å²) in [5.74, 6) is 0.569. The molecular weight excluding hydrogens is 220 g/mol. The van der Waals surface area contributed by atoms with Crippen molar-refractivity contribution in [2.45, 2.75) is 64.7 Å². The summed E-state index contributed by atoms with van der Waals surface area (Å²) in [5.41, 5.74) is 0. The van der Waals surface area contributed by atoms with Gasteiger partial charge in [-0.2, -0.15) is 11.8 Å². The summed E-state index contributed by atoms with van der Waals surface area (Å²) in [6, 6.07) is 0. The van der Waals surface area contributed by atoms with Crippen LogP contribution in [0.4, 0.5) is 0 Å². The lowest BCUT2D eigenvalue weighted by Crippen LogP contribution is -1.98. The molecule has 0 radical (unpaired) electrons. The van der Waals surface area contributed by atoms with Crippen molar-refractivity contribution in [2.24, 2.45) is 0 Å². The molecule has 0 bridgehead atoms. The third kappa shape index (κ3) is 13.8. The SMILES string of the molecule is CCCCCCCCCCCSCC(=O)O. The molecule has 0 aliphatic rings. The summed E-state index contributed by atoms with van der Waals surface area (Å²) >= 11 is 1.54. The van der Waals surface area contributed by atoms with Gasteiger partial charge in [0.05, 0.1) is 5.75 Å². The number of unbranched alkanes of at least 4 members (excludes halogenated alkanes) is 8. The van der Waals surface area contributed by atoms with Crippen molar-refractivity contribution < 1.29 is 9.90 Å². The first kappa shape index (κ1) is 15.8. The molecule has 0 aromatic heterocycles. The maximum atomic E-state index is 10.2. The fraction of sp³-hybridized carbons (Fsp3) is 0.923. The van der Waals surface area contributed by atoms with Gasteiger partial charge < -0.3 is 5.11 Å². The summed E-state index contributed by atoms with van der Waals surface area (Å²) in [4.78, 5) is 10.2. The lowest BCUT2D eigenvalue weighted by atomic mass is 10.1. The molecule has 0 aliphatic heterocycles. The van der Waals surface area contributed by atoms with Gasteiger partial charge in [0.25, 0.3) is 0 Å². The highest BCUT2D eigenvalue weighted by Crippen LogP contribution is 2.11. The van der Waals surface area contributed by atoms with Gasteiger partial charge in [0.2, 0.25) is 0 Å². The molecule has 96 valence electrons. The van der Waals surface area contributed by atoms with Gasteiger partial charge in [-0.1, -0.05) is 58.3 Å². The molecule has 0 fully saturated rings. The fourth-order valence-electron chi connectivity index (χ4n) is 1.67. The maximum Gasteiger partial charge on any atom is 0.313 e. The minimum atomic E-state index is -0.694. The van der Waals surface area contributed by atoms with E-state index in [4.69, 9.17) is 5.11 Å². The molecule has 2 nitrogen and oxygen atoms in total. The highest BCUT2D eigenvalue weighted by molar-refractivity contribution is 7.99. The van der Waals surface area contributed by atoms with Crippen LogP contribution >= 0.6 is 11.8 Å². The van der Waals surface area contributed by atoms with Crippen molar-refractivity contribution in [1.82, 2.24) is 0 Å². The second-order valence-electron chi connectivity index (χ2n) is 4.27. The number of hydrogen-bond donors (Lipinski definition) is 1. The molecule has 0 amide bonds. The molecule has 0 spiro atoms. The second kappa shape index (κ2) is 12.9. The van der Waals surface area contributed by atoms with Crippen molar-refractivity contribution in [3.63, 3.8) is 0 Å². The third-order valence-electron chi connectivity index (χ3n) is 2.62. The molecule has 0 aromatic rings. The van der Waals surface area contributed by atoms with Crippen LogP contribution in [0.5, 0.6) is 0 Å². The third-order valence-corrected chi connectivity index (χ3v) is 3.65. The first-order valence-electron chi connectivity index (χ1n) is 6.57. The molecule has 0 saturated heterocycles. The van der Waals surface area contributed by atoms with Crippen LogP contribution in [0.25, 0.3) is 0 Å². The van der Waals surface area contributed by atoms with Gasteiger partial charge >= 0.3 is 5.97 Å². The van der Waals surface area contributed by atoms with Crippen LogP contribution in [-0.2, 0) is 4.79 Å². The molecule has 0 aromatic carbocycles. The quantitative estimate of drug-likeness (QED) is 0.521. The average Bonchev–Trinajstić information content (AvgIpc) is 2.25. The van der Waals surface area contributed by atoms with Crippen LogP contribution < -0.4 is 0 Å². The fourth-order valence-corrected chi connectivity index (χ4v) is 2.40. The lowest BCUT2D eigenvalue weighted by molar-refractivity contribution is -0.133. The number of aliphatic carboxylic acids is 1. The first-order chi connectivity index (χ1) is 7.77. The van der Waals surface area contributed by atoms with Crippen molar-refractivity contribution in [2.75, 3.05) is 11.5 Å². The Balaban J connectivity index is 2.90. The molecule has 0 saturated carbocycles. The minimum Gasteiger partial charge on any atom is -0.481 e. The van der Waals surface area contributed by atoms with Crippen LogP contribution in [0.15, 0.2) is 0 Å². The molecule has 0 rings (SSSR count). The van der Waals surface area contributed by atoms with E-state index in [9.17, 15) is 4.79 Å². The van der Waals surface area contributed by atoms with E-state index in [1.165, 1.54) is 69.5 Å². The van der Waals surface area contributed by atoms with E-state index in [-0.39, 0.29) is 5.75 Å². The molecule has 1 N–H and O–H groups in total. The van der Waals surface area contributed by atoms with Gasteiger partial charge in [-0.3, -0.25) is 4.79 Å². The Hall–Kier alpha value is -0.180. The Morgan fingerprint density at radius 3 is 1.94 bits per heavy atom. The number of carboxylic acids is 1. The molecule has 16 heavy (non-hydrogen) atoms. The smallest absolute Gasteiger partial charge is 0.313 e. The Labute approximate surface area is 104 Å². The zero-order chi connectivity index (χ0) is 12.1. The summed E-state index contributed by atoms with van der Waals surface area (Å²) in [7, 11) is 0. The van der Waals surface area contributed by atoms with Gasteiger partial charge in [-0.25, -0.2) is 0 Å². The summed E-state index contributed by atoms with van der Waals surface area (Å²) < 4.78 is 0. The van der Waals surface area contributed by atoms with Gasteiger partial charge in [0, 0.05) is 0 Å². The van der Waals surface area contributed by atoms with E-state index in [2.05, 4.69) is 6.92 Å². The van der Waals surface area contributed by atoms with Crippen molar-refractivity contribution in [1.29, 1.82) is 0 Å². The highest BCUT2D eigenvalue weighted by Gasteiger charge is 1.96. The number of carbonyl (C=O) groups is 1. The van der Waals surface area contributed by atoms with Crippen LogP contribution in [0.3, 0.4) is 0 Å². The van der Waals surface area contributed by atoms with Gasteiger partial charge in [-0.05, 0) is 12.2 Å². The Kier molecular flexibility index (Phi) is 12.7. The molecule has 0 atom stereocenters. The van der Waals surface area contributed by atoms with E-state index in [0.29, 0.717) is 0 Å². The summed E-state index contributed by atoms with van der Waals surface area (Å²) in [6.45, 7) is 2.24. The van der Waals surface area contributed by atoms with Crippen molar-refractivity contribution in [3.05, 3.63) is 0 Å². The predicted octanol–water partition coefficient (Wildman–Crippen LogP) is 4.34. The lowest BCUT2D eigenvalue weighted by Gasteiger charge is -2.01. The van der Waals surface area contributed by atoms with Crippen LogP contribution in [0.1, 0.15) is 64.7 Å². The Morgan fingerprint density at radius 2 is 1.44 bits per heavy atom. The minimum absolute atomic E-state index is 0.261. The van der Waals surface area contributed by atoms with Crippen molar-refractivity contribution in [3.8, 4) is 0 Å². The van der Waals surface area contributed by atoms with Crippen LogP contribution in [-0.4, -0.2) is 22.6 Å². The van der Waals surface area contributed by atoms with Crippen LogP contribution in [0.2, 0.25) is 0 Å². The van der Waals surface area contributed by atoms with E-state index >= 15 is 0 Å².